The Bertz CT molecular complexity index is 431. The van der Waals surface area contributed by atoms with Crippen LogP contribution in [0.25, 0.3) is 0 Å². The number of ether oxygens (including phenoxy) is 1. The maximum atomic E-state index is 11.0. The monoisotopic (exact) mass is 268 g/mol. The van der Waals surface area contributed by atoms with E-state index in [1.54, 1.807) is 18.2 Å². The predicted molar refractivity (Wildman–Crippen MR) is 70.7 cm³/mol. The summed E-state index contributed by atoms with van der Waals surface area (Å²) in [4.78, 5) is 11.0. The molecule has 1 aliphatic rings. The Balaban J connectivity index is 1.94. The van der Waals surface area contributed by atoms with Crippen molar-refractivity contribution in [1.29, 1.82) is 0 Å². The van der Waals surface area contributed by atoms with Gasteiger partial charge < -0.3 is 15.8 Å². The van der Waals surface area contributed by atoms with Gasteiger partial charge in [-0.15, -0.1) is 0 Å². The fourth-order valence-electron chi connectivity index (χ4n) is 1.99. The van der Waals surface area contributed by atoms with Gasteiger partial charge in [0.2, 0.25) is 5.91 Å². The summed E-state index contributed by atoms with van der Waals surface area (Å²) in [5.74, 6) is -0.471. The molecule has 0 radical (unpaired) electrons. The van der Waals surface area contributed by atoms with E-state index >= 15 is 0 Å². The first-order chi connectivity index (χ1) is 8.66. The summed E-state index contributed by atoms with van der Waals surface area (Å²) < 4.78 is 5.79. The predicted octanol–water partition coefficient (Wildman–Crippen LogP) is 1.71. The number of hydrogen-bond donors (Lipinski definition) is 2. The number of benzene rings is 1. The van der Waals surface area contributed by atoms with E-state index in [1.165, 1.54) is 0 Å². The number of amides is 1. The minimum Gasteiger partial charge on any atom is -0.372 e. The van der Waals surface area contributed by atoms with Gasteiger partial charge in [-0.25, -0.2) is 0 Å². The Kier molecular flexibility index (Phi) is 4.58. The second-order valence-electron chi connectivity index (χ2n) is 4.45. The largest absolute Gasteiger partial charge is 0.372 e. The Morgan fingerprint density at radius 1 is 1.56 bits per heavy atom. The quantitative estimate of drug-likeness (QED) is 0.874. The smallest absolute Gasteiger partial charge is 0.248 e. The summed E-state index contributed by atoms with van der Waals surface area (Å²) in [5, 5.41) is 3.81. The third-order valence-electron chi connectivity index (χ3n) is 3.06. The minimum absolute atomic E-state index is 0.241. The van der Waals surface area contributed by atoms with E-state index in [0.29, 0.717) is 17.2 Å². The van der Waals surface area contributed by atoms with Gasteiger partial charge >= 0.3 is 0 Å². The normalized spacial score (nSPS) is 19.7. The van der Waals surface area contributed by atoms with Gasteiger partial charge in [0.05, 0.1) is 12.7 Å². The van der Waals surface area contributed by atoms with E-state index in [9.17, 15) is 4.79 Å². The van der Waals surface area contributed by atoms with Crippen molar-refractivity contribution in [3.63, 3.8) is 0 Å². The minimum atomic E-state index is -0.471. The number of nitrogens with one attached hydrogen (secondary N) is 1. The van der Waals surface area contributed by atoms with Crippen LogP contribution in [0.1, 0.15) is 28.8 Å². The van der Waals surface area contributed by atoms with Crippen molar-refractivity contribution in [2.24, 2.45) is 5.73 Å². The first kappa shape index (κ1) is 13.3. The number of nitrogens with two attached hydrogens (primary N) is 1. The molecule has 18 heavy (non-hydrogen) atoms. The number of carbonyl (C=O) groups is 1. The number of halogens is 1. The summed E-state index contributed by atoms with van der Waals surface area (Å²) in [7, 11) is 0. The zero-order valence-corrected chi connectivity index (χ0v) is 10.9. The average Bonchev–Trinajstić information content (AvgIpc) is 2.38. The van der Waals surface area contributed by atoms with Crippen LogP contribution in [0.5, 0.6) is 0 Å². The van der Waals surface area contributed by atoms with E-state index in [0.717, 1.165) is 31.5 Å². The molecule has 1 amide bonds. The molecule has 4 nitrogen and oxygen atoms in total. The van der Waals surface area contributed by atoms with Gasteiger partial charge in [-0.05, 0) is 37.1 Å². The fraction of sp³-hybridized carbons (Fsp3) is 0.462. The molecule has 98 valence electrons. The van der Waals surface area contributed by atoms with Crippen LogP contribution in [0.3, 0.4) is 0 Å². The summed E-state index contributed by atoms with van der Waals surface area (Å²) in [6.45, 7) is 2.41. The van der Waals surface area contributed by atoms with Crippen LogP contribution in [0.4, 0.5) is 0 Å². The highest BCUT2D eigenvalue weighted by atomic mass is 35.5. The molecule has 2 rings (SSSR count). The van der Waals surface area contributed by atoms with E-state index in [-0.39, 0.29) is 6.10 Å². The molecule has 1 aromatic carbocycles. The van der Waals surface area contributed by atoms with Crippen molar-refractivity contribution in [3.8, 4) is 0 Å². The second-order valence-corrected chi connectivity index (χ2v) is 4.86. The molecule has 1 saturated heterocycles. The first-order valence-corrected chi connectivity index (χ1v) is 6.45. The Labute approximate surface area is 111 Å². The maximum absolute atomic E-state index is 11.0. The summed E-state index contributed by atoms with van der Waals surface area (Å²) in [6, 6.07) is 5.05. The van der Waals surface area contributed by atoms with Crippen molar-refractivity contribution in [2.75, 3.05) is 13.1 Å². The second kappa shape index (κ2) is 6.18. The average molecular weight is 269 g/mol. The van der Waals surface area contributed by atoms with Crippen LogP contribution < -0.4 is 11.1 Å². The highest BCUT2D eigenvalue weighted by molar-refractivity contribution is 6.31. The van der Waals surface area contributed by atoms with E-state index in [1.807, 2.05) is 0 Å². The maximum Gasteiger partial charge on any atom is 0.248 e. The Morgan fingerprint density at radius 2 is 2.39 bits per heavy atom. The summed E-state index contributed by atoms with van der Waals surface area (Å²) in [5.41, 5.74) is 6.49. The molecule has 1 unspecified atom stereocenters. The molecule has 0 bridgehead atoms. The van der Waals surface area contributed by atoms with Gasteiger partial charge in [0.1, 0.15) is 0 Å². The van der Waals surface area contributed by atoms with Crippen LogP contribution in [0, 0.1) is 0 Å². The van der Waals surface area contributed by atoms with Crippen LogP contribution in [0.2, 0.25) is 5.02 Å². The summed E-state index contributed by atoms with van der Waals surface area (Å²) in [6.07, 6.45) is 2.45. The standard InChI is InChI=1S/C13H17ClN2O2/c14-12-6-9(13(15)17)3-4-10(12)8-18-11-2-1-5-16-7-11/h3-4,6,11,16H,1-2,5,7-8H2,(H2,15,17). The van der Waals surface area contributed by atoms with Crippen molar-refractivity contribution in [1.82, 2.24) is 5.32 Å². The summed E-state index contributed by atoms with van der Waals surface area (Å²) >= 11 is 6.09. The molecular weight excluding hydrogens is 252 g/mol. The molecule has 1 heterocycles. The number of primary amides is 1. The zero-order chi connectivity index (χ0) is 13.0. The molecule has 0 saturated carbocycles. The van der Waals surface area contributed by atoms with Crippen LogP contribution >= 0.6 is 11.6 Å². The molecular formula is C13H17ClN2O2. The number of rotatable bonds is 4. The molecule has 1 fully saturated rings. The highest BCUT2D eigenvalue weighted by Crippen LogP contribution is 2.20. The molecule has 0 aliphatic carbocycles. The van der Waals surface area contributed by atoms with Gasteiger partial charge in [0.25, 0.3) is 0 Å². The topological polar surface area (TPSA) is 64.4 Å². The van der Waals surface area contributed by atoms with Gasteiger partial charge in [-0.1, -0.05) is 17.7 Å². The highest BCUT2D eigenvalue weighted by Gasteiger charge is 2.14. The van der Waals surface area contributed by atoms with Gasteiger partial charge in [-0.2, -0.15) is 0 Å². The number of carbonyl (C=O) groups excluding carboxylic acids is 1. The lowest BCUT2D eigenvalue weighted by atomic mass is 10.1. The molecule has 1 aliphatic heterocycles. The molecule has 1 aromatic rings. The lowest BCUT2D eigenvalue weighted by molar-refractivity contribution is 0.0253. The third-order valence-corrected chi connectivity index (χ3v) is 3.42. The molecule has 1 atom stereocenters. The SMILES string of the molecule is NC(=O)c1ccc(COC2CCCNC2)c(Cl)c1. The third kappa shape index (κ3) is 3.45. The van der Waals surface area contributed by atoms with E-state index in [2.05, 4.69) is 5.32 Å². The lowest BCUT2D eigenvalue weighted by Crippen LogP contribution is -2.35. The van der Waals surface area contributed by atoms with Gasteiger partial charge in [0, 0.05) is 17.1 Å². The first-order valence-electron chi connectivity index (χ1n) is 6.07. The van der Waals surface area contributed by atoms with Crippen LogP contribution in [0.15, 0.2) is 18.2 Å². The molecule has 0 aromatic heterocycles. The van der Waals surface area contributed by atoms with E-state index in [4.69, 9.17) is 22.1 Å². The zero-order valence-electron chi connectivity index (χ0n) is 10.1. The number of hydrogen-bond acceptors (Lipinski definition) is 3. The van der Waals surface area contributed by atoms with Crippen LogP contribution in [-0.2, 0) is 11.3 Å². The van der Waals surface area contributed by atoms with E-state index < -0.39 is 5.91 Å². The van der Waals surface area contributed by atoms with Crippen molar-refractivity contribution >= 4 is 17.5 Å². The molecule has 0 spiro atoms. The molecule has 3 N–H and O–H groups in total. The Hall–Kier alpha value is -1.10. The number of piperidine rings is 1. The van der Waals surface area contributed by atoms with Gasteiger partial charge in [-0.3, -0.25) is 4.79 Å². The van der Waals surface area contributed by atoms with Gasteiger partial charge in [0.15, 0.2) is 0 Å². The van der Waals surface area contributed by atoms with Crippen molar-refractivity contribution in [3.05, 3.63) is 34.3 Å². The van der Waals surface area contributed by atoms with Crippen LogP contribution in [-0.4, -0.2) is 25.1 Å². The van der Waals surface area contributed by atoms with Crippen molar-refractivity contribution in [2.45, 2.75) is 25.6 Å². The Morgan fingerprint density at radius 3 is 3.00 bits per heavy atom. The lowest BCUT2D eigenvalue weighted by Gasteiger charge is -2.23. The molecule has 5 heteroatoms. The van der Waals surface area contributed by atoms with Crippen molar-refractivity contribution < 1.29 is 9.53 Å². The fourth-order valence-corrected chi connectivity index (χ4v) is 2.22.